The van der Waals surface area contributed by atoms with E-state index in [4.69, 9.17) is 0 Å². The summed E-state index contributed by atoms with van der Waals surface area (Å²) in [4.78, 5) is 6.37. The lowest BCUT2D eigenvalue weighted by atomic mass is 10.1. The van der Waals surface area contributed by atoms with Crippen LogP contribution in [0, 0.1) is 0 Å². The lowest BCUT2D eigenvalue weighted by Gasteiger charge is -2.23. The van der Waals surface area contributed by atoms with Gasteiger partial charge in [-0.15, -0.1) is 11.8 Å². The second kappa shape index (κ2) is 7.32. The highest BCUT2D eigenvalue weighted by atomic mass is 32.2. The standard InChI is InChI=1S/C16H26N2S/c1-17(2)15-7-5-10-18(11-9-15)13-14-6-4-8-16(12-14)19-3/h4,6,8,12,15H,5,7,9-11,13H2,1-3H3. The number of nitrogens with zero attached hydrogens (tertiary/aromatic N) is 2. The van der Waals surface area contributed by atoms with Crippen LogP contribution < -0.4 is 0 Å². The fourth-order valence-electron chi connectivity index (χ4n) is 2.84. The average Bonchev–Trinajstić information content (AvgIpc) is 2.65. The highest BCUT2D eigenvalue weighted by molar-refractivity contribution is 7.98. The van der Waals surface area contributed by atoms with Gasteiger partial charge in [0.15, 0.2) is 0 Å². The third kappa shape index (κ3) is 4.51. The van der Waals surface area contributed by atoms with E-state index >= 15 is 0 Å². The zero-order valence-corrected chi connectivity index (χ0v) is 13.2. The van der Waals surface area contributed by atoms with Gasteiger partial charge in [-0.05, 0) is 70.4 Å². The second-order valence-electron chi connectivity index (χ2n) is 5.68. The average molecular weight is 278 g/mol. The molecule has 1 unspecified atom stereocenters. The summed E-state index contributed by atoms with van der Waals surface area (Å²) in [6.07, 6.45) is 6.11. The van der Waals surface area contributed by atoms with Gasteiger partial charge in [0.2, 0.25) is 0 Å². The molecule has 0 saturated carbocycles. The van der Waals surface area contributed by atoms with Crippen LogP contribution in [0.5, 0.6) is 0 Å². The van der Waals surface area contributed by atoms with Crippen molar-refractivity contribution in [3.8, 4) is 0 Å². The molecule has 0 spiro atoms. The molecule has 3 heteroatoms. The van der Waals surface area contributed by atoms with Crippen LogP contribution in [0.4, 0.5) is 0 Å². The van der Waals surface area contributed by atoms with E-state index in [9.17, 15) is 0 Å². The van der Waals surface area contributed by atoms with Crippen LogP contribution in [0.1, 0.15) is 24.8 Å². The summed E-state index contributed by atoms with van der Waals surface area (Å²) in [5, 5.41) is 0. The Morgan fingerprint density at radius 2 is 2.11 bits per heavy atom. The zero-order valence-electron chi connectivity index (χ0n) is 12.4. The molecule has 1 aliphatic rings. The predicted octanol–water partition coefficient (Wildman–Crippen LogP) is 3.32. The molecule has 19 heavy (non-hydrogen) atoms. The topological polar surface area (TPSA) is 6.48 Å². The molecular formula is C16H26N2S. The minimum absolute atomic E-state index is 0.766. The molecule has 1 aromatic rings. The first-order chi connectivity index (χ1) is 9.19. The summed E-state index contributed by atoms with van der Waals surface area (Å²) < 4.78 is 0. The van der Waals surface area contributed by atoms with Gasteiger partial charge in [-0.1, -0.05) is 12.1 Å². The van der Waals surface area contributed by atoms with Crippen LogP contribution >= 0.6 is 11.8 Å². The molecule has 1 heterocycles. The monoisotopic (exact) mass is 278 g/mol. The Balaban J connectivity index is 1.92. The third-order valence-corrected chi connectivity index (χ3v) is 4.79. The summed E-state index contributed by atoms with van der Waals surface area (Å²) in [5.41, 5.74) is 1.45. The van der Waals surface area contributed by atoms with Crippen LogP contribution in [-0.4, -0.2) is 49.3 Å². The van der Waals surface area contributed by atoms with Crippen molar-refractivity contribution in [3.63, 3.8) is 0 Å². The van der Waals surface area contributed by atoms with E-state index in [0.717, 1.165) is 12.6 Å². The summed E-state index contributed by atoms with van der Waals surface area (Å²) in [7, 11) is 4.42. The number of thioether (sulfide) groups is 1. The minimum atomic E-state index is 0.766. The van der Waals surface area contributed by atoms with Crippen molar-refractivity contribution in [2.24, 2.45) is 0 Å². The van der Waals surface area contributed by atoms with E-state index in [0.29, 0.717) is 0 Å². The van der Waals surface area contributed by atoms with E-state index in [2.05, 4.69) is 54.4 Å². The van der Waals surface area contributed by atoms with Crippen LogP contribution in [0.2, 0.25) is 0 Å². The van der Waals surface area contributed by atoms with Gasteiger partial charge in [0.25, 0.3) is 0 Å². The Morgan fingerprint density at radius 3 is 2.84 bits per heavy atom. The van der Waals surface area contributed by atoms with Crippen molar-refractivity contribution < 1.29 is 0 Å². The van der Waals surface area contributed by atoms with E-state index in [1.165, 1.54) is 42.8 Å². The first-order valence-corrected chi connectivity index (χ1v) is 8.43. The van der Waals surface area contributed by atoms with Gasteiger partial charge in [0.1, 0.15) is 0 Å². The van der Waals surface area contributed by atoms with Crippen LogP contribution in [0.15, 0.2) is 29.2 Å². The highest BCUT2D eigenvalue weighted by Gasteiger charge is 2.18. The van der Waals surface area contributed by atoms with E-state index in [1.54, 1.807) is 0 Å². The minimum Gasteiger partial charge on any atom is -0.306 e. The first-order valence-electron chi connectivity index (χ1n) is 7.21. The molecular weight excluding hydrogens is 252 g/mol. The number of hydrogen-bond donors (Lipinski definition) is 0. The van der Waals surface area contributed by atoms with Crippen LogP contribution in [0.25, 0.3) is 0 Å². The van der Waals surface area contributed by atoms with Crippen molar-refractivity contribution >= 4 is 11.8 Å². The first kappa shape index (κ1) is 14.9. The van der Waals surface area contributed by atoms with Crippen molar-refractivity contribution in [3.05, 3.63) is 29.8 Å². The van der Waals surface area contributed by atoms with Crippen LogP contribution in [-0.2, 0) is 6.54 Å². The maximum absolute atomic E-state index is 2.61. The summed E-state index contributed by atoms with van der Waals surface area (Å²) >= 11 is 1.83. The number of benzene rings is 1. The van der Waals surface area contributed by atoms with Gasteiger partial charge in [-0.25, -0.2) is 0 Å². The van der Waals surface area contributed by atoms with Crippen LogP contribution in [0.3, 0.4) is 0 Å². The lowest BCUT2D eigenvalue weighted by Crippen LogP contribution is -2.29. The van der Waals surface area contributed by atoms with Gasteiger partial charge in [0.05, 0.1) is 0 Å². The molecule has 1 aromatic carbocycles. The molecule has 2 nitrogen and oxygen atoms in total. The summed E-state index contributed by atoms with van der Waals surface area (Å²) in [5.74, 6) is 0. The molecule has 0 amide bonds. The molecule has 106 valence electrons. The Hall–Kier alpha value is -0.510. The quantitative estimate of drug-likeness (QED) is 0.780. The number of hydrogen-bond acceptors (Lipinski definition) is 3. The Kier molecular flexibility index (Phi) is 5.74. The third-order valence-electron chi connectivity index (χ3n) is 4.06. The molecule has 1 aliphatic heterocycles. The molecule has 0 aliphatic carbocycles. The lowest BCUT2D eigenvalue weighted by molar-refractivity contribution is 0.245. The number of rotatable bonds is 4. The van der Waals surface area contributed by atoms with Crippen molar-refractivity contribution in [1.29, 1.82) is 0 Å². The van der Waals surface area contributed by atoms with E-state index < -0.39 is 0 Å². The molecule has 0 radical (unpaired) electrons. The van der Waals surface area contributed by atoms with E-state index in [-0.39, 0.29) is 0 Å². The molecule has 1 fully saturated rings. The van der Waals surface area contributed by atoms with Gasteiger partial charge in [-0.3, -0.25) is 4.90 Å². The van der Waals surface area contributed by atoms with E-state index in [1.807, 2.05) is 11.8 Å². The molecule has 1 saturated heterocycles. The molecule has 2 rings (SSSR count). The SMILES string of the molecule is CSc1cccc(CN2CCCC(N(C)C)CC2)c1. The fraction of sp³-hybridized carbons (Fsp3) is 0.625. The Labute approximate surface area is 122 Å². The largest absolute Gasteiger partial charge is 0.306 e. The summed E-state index contributed by atoms with van der Waals surface area (Å²) in [6.45, 7) is 3.58. The van der Waals surface area contributed by atoms with Gasteiger partial charge in [-0.2, -0.15) is 0 Å². The van der Waals surface area contributed by atoms with Crippen molar-refractivity contribution in [1.82, 2.24) is 9.80 Å². The summed E-state index contributed by atoms with van der Waals surface area (Å²) in [6, 6.07) is 9.73. The predicted molar refractivity (Wildman–Crippen MR) is 84.8 cm³/mol. The maximum atomic E-state index is 2.61. The highest BCUT2D eigenvalue weighted by Crippen LogP contribution is 2.19. The zero-order chi connectivity index (χ0) is 13.7. The Bertz CT molecular complexity index is 392. The van der Waals surface area contributed by atoms with Gasteiger partial charge in [0, 0.05) is 17.5 Å². The number of likely N-dealkylation sites (tertiary alicyclic amines) is 1. The molecule has 1 atom stereocenters. The Morgan fingerprint density at radius 1 is 1.26 bits per heavy atom. The van der Waals surface area contributed by atoms with Gasteiger partial charge < -0.3 is 4.90 Å². The maximum Gasteiger partial charge on any atom is 0.0234 e. The normalized spacial score (nSPS) is 21.6. The smallest absolute Gasteiger partial charge is 0.0234 e. The van der Waals surface area contributed by atoms with Crippen molar-refractivity contribution in [2.45, 2.75) is 36.7 Å². The second-order valence-corrected chi connectivity index (χ2v) is 6.56. The fourth-order valence-corrected chi connectivity index (χ4v) is 3.33. The molecule has 0 bridgehead atoms. The van der Waals surface area contributed by atoms with Gasteiger partial charge >= 0.3 is 0 Å². The molecule has 0 aromatic heterocycles. The molecule has 0 N–H and O–H groups in total. The van der Waals surface area contributed by atoms with Crippen molar-refractivity contribution in [2.75, 3.05) is 33.4 Å².